The number of furan rings is 1. The van der Waals surface area contributed by atoms with Gasteiger partial charge in [-0.3, -0.25) is 0 Å². The molecule has 0 radical (unpaired) electrons. The molecule has 0 aliphatic heterocycles. The average molecular weight is 740 g/mol. The van der Waals surface area contributed by atoms with Crippen molar-refractivity contribution in [1.29, 1.82) is 0 Å². The Morgan fingerprint density at radius 1 is 0.276 bits per heavy atom. The van der Waals surface area contributed by atoms with Crippen molar-refractivity contribution in [3.05, 3.63) is 224 Å². The molecule has 2 heteroatoms. The molecule has 58 heavy (non-hydrogen) atoms. The maximum Gasteiger partial charge on any atom is 0.143 e. The zero-order valence-corrected chi connectivity index (χ0v) is 31.7. The van der Waals surface area contributed by atoms with Gasteiger partial charge in [0, 0.05) is 39.5 Å². The average Bonchev–Trinajstić information content (AvgIpc) is 3.68. The zero-order chi connectivity index (χ0) is 38.4. The highest BCUT2D eigenvalue weighted by Gasteiger charge is 2.18. The molecule has 1 aromatic heterocycles. The van der Waals surface area contributed by atoms with Crippen LogP contribution in [0.3, 0.4) is 0 Å². The second-order valence-corrected chi connectivity index (χ2v) is 14.9. The molecule has 10 aromatic carbocycles. The summed E-state index contributed by atoms with van der Waals surface area (Å²) in [7, 11) is 0. The van der Waals surface area contributed by atoms with Crippen molar-refractivity contribution in [3.8, 4) is 44.5 Å². The molecule has 11 rings (SSSR count). The summed E-state index contributed by atoms with van der Waals surface area (Å²) in [6, 6.07) is 80.6. The van der Waals surface area contributed by atoms with E-state index >= 15 is 0 Å². The molecule has 2 nitrogen and oxygen atoms in total. The summed E-state index contributed by atoms with van der Waals surface area (Å²) in [6.45, 7) is 0. The Labute approximate surface area is 337 Å². The van der Waals surface area contributed by atoms with E-state index in [1.54, 1.807) is 0 Å². The van der Waals surface area contributed by atoms with Crippen molar-refractivity contribution >= 4 is 60.5 Å². The fourth-order valence-electron chi connectivity index (χ4n) is 8.52. The number of hydrogen-bond donors (Lipinski definition) is 0. The van der Waals surface area contributed by atoms with Crippen LogP contribution in [0.2, 0.25) is 0 Å². The third-order valence-corrected chi connectivity index (χ3v) is 11.5. The normalized spacial score (nSPS) is 11.4. The minimum absolute atomic E-state index is 0.857. The molecule has 272 valence electrons. The van der Waals surface area contributed by atoms with Crippen LogP contribution >= 0.6 is 0 Å². The first-order valence-electron chi connectivity index (χ1n) is 19.8. The number of benzene rings is 10. The molecule has 0 saturated heterocycles. The fourth-order valence-corrected chi connectivity index (χ4v) is 8.52. The van der Waals surface area contributed by atoms with Crippen molar-refractivity contribution in [2.24, 2.45) is 0 Å². The van der Waals surface area contributed by atoms with Gasteiger partial charge in [-0.15, -0.1) is 0 Å². The van der Waals surface area contributed by atoms with Gasteiger partial charge in [-0.1, -0.05) is 170 Å². The predicted octanol–water partition coefficient (Wildman–Crippen LogP) is 16.0. The number of fused-ring (bicyclic) bond motifs is 5. The number of para-hydroxylation sites is 1. The quantitative estimate of drug-likeness (QED) is 0.162. The molecular weight excluding hydrogens is 703 g/mol. The van der Waals surface area contributed by atoms with Gasteiger partial charge in [0.05, 0.1) is 0 Å². The van der Waals surface area contributed by atoms with Crippen LogP contribution in [0, 0.1) is 0 Å². The highest BCUT2D eigenvalue weighted by Crippen LogP contribution is 2.42. The Bertz CT molecular complexity index is 3250. The van der Waals surface area contributed by atoms with Crippen LogP contribution in [0.1, 0.15) is 0 Å². The van der Waals surface area contributed by atoms with E-state index in [2.05, 4.69) is 223 Å². The maximum absolute atomic E-state index is 6.74. The minimum Gasteiger partial charge on any atom is -0.455 e. The van der Waals surface area contributed by atoms with Crippen LogP contribution < -0.4 is 4.90 Å². The van der Waals surface area contributed by atoms with Gasteiger partial charge in [-0.25, -0.2) is 0 Å². The maximum atomic E-state index is 6.74. The lowest BCUT2D eigenvalue weighted by atomic mass is 9.97. The molecule has 1 heterocycles. The summed E-state index contributed by atoms with van der Waals surface area (Å²) < 4.78 is 6.74. The second kappa shape index (κ2) is 14.1. The Balaban J connectivity index is 1.01. The fraction of sp³-hybridized carbons (Fsp3) is 0. The van der Waals surface area contributed by atoms with Crippen molar-refractivity contribution in [3.63, 3.8) is 0 Å². The molecule has 0 N–H and O–H groups in total. The standard InChI is InChI=1S/C56H37NO/c1-3-11-38(12-4-1)44-23-21-40-22-24-45(36-46(40)35-44)39-25-29-47(30-26-39)57(48-31-27-43(28-32-48)51-18-9-16-41-15-7-8-17-50(41)51)49-33-34-53-54-20-10-19-52(42-13-5-2-6-14-42)56(54)58-55(53)37-49/h1-37H. The van der Waals surface area contributed by atoms with E-state index in [-0.39, 0.29) is 0 Å². The predicted molar refractivity (Wildman–Crippen MR) is 245 cm³/mol. The van der Waals surface area contributed by atoms with Crippen LogP contribution in [0.15, 0.2) is 229 Å². The number of nitrogens with zero attached hydrogens (tertiary/aromatic N) is 1. The van der Waals surface area contributed by atoms with Gasteiger partial charge in [-0.05, 0) is 109 Å². The summed E-state index contributed by atoms with van der Waals surface area (Å²) in [5.41, 5.74) is 14.4. The van der Waals surface area contributed by atoms with Gasteiger partial charge in [0.25, 0.3) is 0 Å². The summed E-state index contributed by atoms with van der Waals surface area (Å²) in [6.07, 6.45) is 0. The topological polar surface area (TPSA) is 16.4 Å². The minimum atomic E-state index is 0.857. The number of rotatable bonds is 7. The first kappa shape index (κ1) is 33.6. The van der Waals surface area contributed by atoms with Crippen molar-refractivity contribution in [1.82, 2.24) is 0 Å². The lowest BCUT2D eigenvalue weighted by Gasteiger charge is -2.26. The van der Waals surface area contributed by atoms with E-state index in [1.165, 1.54) is 54.9 Å². The monoisotopic (exact) mass is 739 g/mol. The van der Waals surface area contributed by atoms with Gasteiger partial charge in [-0.2, -0.15) is 0 Å². The van der Waals surface area contributed by atoms with Crippen LogP contribution in [0.5, 0.6) is 0 Å². The molecule has 0 aliphatic rings. The summed E-state index contributed by atoms with van der Waals surface area (Å²) >= 11 is 0. The molecule has 0 spiro atoms. The van der Waals surface area contributed by atoms with E-state index in [4.69, 9.17) is 4.42 Å². The highest BCUT2D eigenvalue weighted by atomic mass is 16.3. The molecule has 11 aromatic rings. The van der Waals surface area contributed by atoms with Crippen molar-refractivity contribution < 1.29 is 4.42 Å². The third-order valence-electron chi connectivity index (χ3n) is 11.5. The first-order chi connectivity index (χ1) is 28.7. The second-order valence-electron chi connectivity index (χ2n) is 14.9. The molecule has 0 amide bonds. The van der Waals surface area contributed by atoms with Crippen LogP contribution in [0.25, 0.3) is 88.0 Å². The Kier molecular flexibility index (Phi) is 8.19. The molecule has 0 fully saturated rings. The van der Waals surface area contributed by atoms with Crippen LogP contribution in [-0.4, -0.2) is 0 Å². The molecule has 0 unspecified atom stereocenters. The van der Waals surface area contributed by atoms with E-state index in [9.17, 15) is 0 Å². The first-order valence-corrected chi connectivity index (χ1v) is 19.8. The van der Waals surface area contributed by atoms with Crippen molar-refractivity contribution in [2.45, 2.75) is 0 Å². The highest BCUT2D eigenvalue weighted by molar-refractivity contribution is 6.10. The molecule has 0 bridgehead atoms. The summed E-state index contributed by atoms with van der Waals surface area (Å²) in [5, 5.41) is 7.17. The summed E-state index contributed by atoms with van der Waals surface area (Å²) in [5.74, 6) is 0. The lowest BCUT2D eigenvalue weighted by Crippen LogP contribution is -2.09. The molecule has 0 atom stereocenters. The smallest absolute Gasteiger partial charge is 0.143 e. The Morgan fingerprint density at radius 3 is 1.52 bits per heavy atom. The van der Waals surface area contributed by atoms with E-state index in [0.717, 1.165) is 50.1 Å². The van der Waals surface area contributed by atoms with Gasteiger partial charge in [0.1, 0.15) is 11.2 Å². The van der Waals surface area contributed by atoms with Crippen LogP contribution in [-0.2, 0) is 0 Å². The molecule has 0 aliphatic carbocycles. The molecule has 0 saturated carbocycles. The van der Waals surface area contributed by atoms with Gasteiger partial charge in [0.2, 0.25) is 0 Å². The van der Waals surface area contributed by atoms with Crippen LogP contribution in [0.4, 0.5) is 17.1 Å². The SMILES string of the molecule is c1ccc(-c2ccc3ccc(-c4ccc(N(c5ccc(-c6cccc7ccccc67)cc5)c5ccc6c(c5)oc5c(-c7ccccc7)cccc56)cc4)cc3c2)cc1. The van der Waals surface area contributed by atoms with E-state index < -0.39 is 0 Å². The van der Waals surface area contributed by atoms with Gasteiger partial charge in [0.15, 0.2) is 0 Å². The van der Waals surface area contributed by atoms with Crippen molar-refractivity contribution in [2.75, 3.05) is 4.90 Å². The van der Waals surface area contributed by atoms with E-state index in [1.807, 2.05) is 6.07 Å². The Hall–Kier alpha value is -7.68. The number of hydrogen-bond acceptors (Lipinski definition) is 2. The summed E-state index contributed by atoms with van der Waals surface area (Å²) in [4.78, 5) is 2.33. The largest absolute Gasteiger partial charge is 0.455 e. The molecular formula is C56H37NO. The Morgan fingerprint density at radius 2 is 0.793 bits per heavy atom. The van der Waals surface area contributed by atoms with Gasteiger partial charge >= 0.3 is 0 Å². The van der Waals surface area contributed by atoms with E-state index in [0.29, 0.717) is 0 Å². The number of anilines is 3. The third kappa shape index (κ3) is 6.00. The lowest BCUT2D eigenvalue weighted by molar-refractivity contribution is 0.670. The van der Waals surface area contributed by atoms with Gasteiger partial charge < -0.3 is 9.32 Å². The zero-order valence-electron chi connectivity index (χ0n) is 31.7.